The highest BCUT2D eigenvalue weighted by Crippen LogP contribution is 2.32. The molecule has 0 aliphatic rings. The lowest BCUT2D eigenvalue weighted by atomic mass is 10.0. The highest BCUT2D eigenvalue weighted by Gasteiger charge is 2.13. The van der Waals surface area contributed by atoms with Crippen LogP contribution in [0, 0.1) is 25.2 Å². The number of aromatic nitrogens is 4. The standard InChI is InChI=1S/C31H29N7/c1-21-27-13-16-35-30(27)11-10-29(21)38-31-24(17-32)19-36-22(2)28(31)9-8-25-6-3-7-26(37-25)20-34-15-12-23-5-4-14-33-18-23/h3-11,13-14,16,18-19,34-35H,12,15,20H2,1-2H3,(H,36,38). The highest BCUT2D eigenvalue weighted by atomic mass is 14.9. The number of rotatable bonds is 9. The summed E-state index contributed by atoms with van der Waals surface area (Å²) in [5, 5.41) is 18.0. The first kappa shape index (κ1) is 24.9. The summed E-state index contributed by atoms with van der Waals surface area (Å²) >= 11 is 0. The normalized spacial score (nSPS) is 11.2. The van der Waals surface area contributed by atoms with E-state index in [1.165, 1.54) is 5.56 Å². The fourth-order valence-corrected chi connectivity index (χ4v) is 4.45. The minimum atomic E-state index is 0.489. The van der Waals surface area contributed by atoms with Crippen LogP contribution in [0.5, 0.6) is 0 Å². The van der Waals surface area contributed by atoms with E-state index in [9.17, 15) is 5.26 Å². The molecule has 0 fully saturated rings. The quantitative estimate of drug-likeness (QED) is 0.212. The lowest BCUT2D eigenvalue weighted by Crippen LogP contribution is -2.17. The number of nitrogens with one attached hydrogen (secondary N) is 3. The van der Waals surface area contributed by atoms with Crippen LogP contribution in [0.1, 0.15) is 39.3 Å². The fraction of sp³-hybridized carbons (Fsp3) is 0.161. The van der Waals surface area contributed by atoms with E-state index in [-0.39, 0.29) is 0 Å². The van der Waals surface area contributed by atoms with Crippen LogP contribution in [0.3, 0.4) is 0 Å². The van der Waals surface area contributed by atoms with E-state index in [0.717, 1.165) is 63.5 Å². The lowest BCUT2D eigenvalue weighted by Gasteiger charge is -2.16. The number of pyridine rings is 3. The summed E-state index contributed by atoms with van der Waals surface area (Å²) in [4.78, 5) is 16.7. The molecule has 0 aliphatic heterocycles. The molecule has 3 N–H and O–H groups in total. The Kier molecular flexibility index (Phi) is 7.53. The Bertz CT molecular complexity index is 1630. The predicted octanol–water partition coefficient (Wildman–Crippen LogP) is 6.09. The maximum atomic E-state index is 9.84. The molecule has 7 heteroatoms. The molecule has 0 saturated heterocycles. The smallest absolute Gasteiger partial charge is 0.103 e. The van der Waals surface area contributed by atoms with Gasteiger partial charge in [0, 0.05) is 59.2 Å². The Morgan fingerprint density at radius 3 is 2.79 bits per heavy atom. The van der Waals surface area contributed by atoms with Crippen molar-refractivity contribution in [2.45, 2.75) is 26.8 Å². The third kappa shape index (κ3) is 5.61. The van der Waals surface area contributed by atoms with Gasteiger partial charge in [-0.2, -0.15) is 5.26 Å². The molecule has 0 amide bonds. The van der Waals surface area contributed by atoms with Gasteiger partial charge in [-0.3, -0.25) is 15.0 Å². The fourth-order valence-electron chi connectivity index (χ4n) is 4.45. The van der Waals surface area contributed by atoms with Gasteiger partial charge >= 0.3 is 0 Å². The lowest BCUT2D eigenvalue weighted by molar-refractivity contribution is 0.673. The molecule has 1 aromatic carbocycles. The summed E-state index contributed by atoms with van der Waals surface area (Å²) < 4.78 is 0. The van der Waals surface area contributed by atoms with Crippen molar-refractivity contribution in [3.63, 3.8) is 0 Å². The molecule has 0 radical (unpaired) electrons. The Labute approximate surface area is 222 Å². The van der Waals surface area contributed by atoms with E-state index >= 15 is 0 Å². The van der Waals surface area contributed by atoms with Gasteiger partial charge in [-0.25, -0.2) is 0 Å². The van der Waals surface area contributed by atoms with Crippen LogP contribution in [0.2, 0.25) is 0 Å². The largest absolute Gasteiger partial charge is 0.361 e. The Balaban J connectivity index is 1.35. The van der Waals surface area contributed by atoms with Gasteiger partial charge in [0.25, 0.3) is 0 Å². The summed E-state index contributed by atoms with van der Waals surface area (Å²) in [5.41, 5.74) is 9.08. The number of aromatic amines is 1. The molecule has 0 unspecified atom stereocenters. The van der Waals surface area contributed by atoms with E-state index in [1.807, 2.05) is 67.9 Å². The summed E-state index contributed by atoms with van der Waals surface area (Å²) in [6.07, 6.45) is 12.1. The number of H-pyrrole nitrogens is 1. The van der Waals surface area contributed by atoms with Crippen LogP contribution < -0.4 is 10.6 Å². The van der Waals surface area contributed by atoms with Crippen molar-refractivity contribution < 1.29 is 0 Å². The number of benzene rings is 1. The number of hydrogen-bond acceptors (Lipinski definition) is 6. The van der Waals surface area contributed by atoms with Crippen LogP contribution in [0.15, 0.2) is 73.3 Å². The number of aryl methyl sites for hydroxylation is 2. The van der Waals surface area contributed by atoms with E-state index in [4.69, 9.17) is 4.98 Å². The van der Waals surface area contributed by atoms with E-state index in [1.54, 1.807) is 12.4 Å². The van der Waals surface area contributed by atoms with Crippen LogP contribution in [0.4, 0.5) is 11.4 Å². The van der Waals surface area contributed by atoms with Crippen molar-refractivity contribution in [2.75, 3.05) is 11.9 Å². The molecule has 0 spiro atoms. The van der Waals surface area contributed by atoms with Crippen LogP contribution in [0.25, 0.3) is 23.1 Å². The molecular weight excluding hydrogens is 470 g/mol. The van der Waals surface area contributed by atoms with Gasteiger partial charge in [0.1, 0.15) is 6.07 Å². The number of nitriles is 1. The van der Waals surface area contributed by atoms with Gasteiger partial charge in [0.2, 0.25) is 0 Å². The van der Waals surface area contributed by atoms with Crippen LogP contribution >= 0.6 is 0 Å². The van der Waals surface area contributed by atoms with Crippen molar-refractivity contribution in [1.82, 2.24) is 25.3 Å². The zero-order valence-electron chi connectivity index (χ0n) is 21.5. The average Bonchev–Trinajstić information content (AvgIpc) is 3.43. The third-order valence-electron chi connectivity index (χ3n) is 6.57. The molecule has 38 heavy (non-hydrogen) atoms. The molecular formula is C31H29N7. The van der Waals surface area contributed by atoms with Crippen molar-refractivity contribution in [2.24, 2.45) is 0 Å². The summed E-state index contributed by atoms with van der Waals surface area (Å²) in [7, 11) is 0. The molecule has 0 saturated carbocycles. The molecule has 0 atom stereocenters. The number of hydrogen-bond donors (Lipinski definition) is 3. The zero-order valence-corrected chi connectivity index (χ0v) is 21.5. The van der Waals surface area contributed by atoms with E-state index in [2.05, 4.69) is 50.7 Å². The molecule has 5 rings (SSSR count). The molecule has 4 heterocycles. The second kappa shape index (κ2) is 11.5. The second-order valence-electron chi connectivity index (χ2n) is 9.13. The Morgan fingerprint density at radius 1 is 1.03 bits per heavy atom. The van der Waals surface area contributed by atoms with Gasteiger partial charge in [0.15, 0.2) is 0 Å². The van der Waals surface area contributed by atoms with Gasteiger partial charge < -0.3 is 15.6 Å². The molecule has 7 nitrogen and oxygen atoms in total. The van der Waals surface area contributed by atoms with E-state index < -0.39 is 0 Å². The first-order chi connectivity index (χ1) is 18.6. The SMILES string of the molecule is Cc1ncc(C#N)c(Nc2ccc3[nH]ccc3c2C)c1C=Cc1cccc(CNCCc2cccnc2)n1. The minimum Gasteiger partial charge on any atom is -0.361 e. The maximum absolute atomic E-state index is 9.84. The number of fused-ring (bicyclic) bond motifs is 1. The van der Waals surface area contributed by atoms with Gasteiger partial charge in [-0.05, 0) is 86.5 Å². The molecule has 5 aromatic rings. The summed E-state index contributed by atoms with van der Waals surface area (Å²) in [5.74, 6) is 0. The topological polar surface area (TPSA) is 102 Å². The van der Waals surface area contributed by atoms with E-state index in [0.29, 0.717) is 12.1 Å². The van der Waals surface area contributed by atoms with Gasteiger partial charge in [-0.15, -0.1) is 0 Å². The summed E-state index contributed by atoms with van der Waals surface area (Å²) in [6, 6.07) is 18.5. The van der Waals surface area contributed by atoms with Gasteiger partial charge in [-0.1, -0.05) is 12.1 Å². The average molecular weight is 500 g/mol. The second-order valence-corrected chi connectivity index (χ2v) is 9.13. The van der Waals surface area contributed by atoms with Gasteiger partial charge in [0.05, 0.1) is 22.6 Å². The number of anilines is 2. The minimum absolute atomic E-state index is 0.489. The van der Waals surface area contributed by atoms with Crippen LogP contribution in [-0.2, 0) is 13.0 Å². The maximum Gasteiger partial charge on any atom is 0.103 e. The highest BCUT2D eigenvalue weighted by molar-refractivity contribution is 5.90. The molecule has 4 aromatic heterocycles. The number of nitrogens with zero attached hydrogens (tertiary/aromatic N) is 4. The monoisotopic (exact) mass is 499 g/mol. The Morgan fingerprint density at radius 2 is 1.95 bits per heavy atom. The zero-order chi connectivity index (χ0) is 26.3. The Hall–Kier alpha value is -4.80. The first-order valence-corrected chi connectivity index (χ1v) is 12.6. The third-order valence-corrected chi connectivity index (χ3v) is 6.57. The van der Waals surface area contributed by atoms with Crippen molar-refractivity contribution >= 4 is 34.4 Å². The van der Waals surface area contributed by atoms with Crippen molar-refractivity contribution in [3.05, 3.63) is 113 Å². The van der Waals surface area contributed by atoms with Crippen molar-refractivity contribution in [1.29, 1.82) is 5.26 Å². The molecule has 0 bridgehead atoms. The van der Waals surface area contributed by atoms with Crippen molar-refractivity contribution in [3.8, 4) is 6.07 Å². The first-order valence-electron chi connectivity index (χ1n) is 12.6. The molecule has 188 valence electrons. The van der Waals surface area contributed by atoms with Crippen LogP contribution in [-0.4, -0.2) is 26.5 Å². The molecule has 0 aliphatic carbocycles. The summed E-state index contributed by atoms with van der Waals surface area (Å²) in [6.45, 7) is 5.56. The predicted molar refractivity (Wildman–Crippen MR) is 153 cm³/mol.